The van der Waals surface area contributed by atoms with Crippen LogP contribution in [0.2, 0.25) is 0 Å². The Bertz CT molecular complexity index is 722. The van der Waals surface area contributed by atoms with Gasteiger partial charge in [0.1, 0.15) is 5.82 Å². The first-order valence-electron chi connectivity index (χ1n) is 6.61. The van der Waals surface area contributed by atoms with Gasteiger partial charge in [0.15, 0.2) is 0 Å². The third-order valence-corrected chi connectivity index (χ3v) is 3.89. The molecule has 0 N–H and O–H groups in total. The van der Waals surface area contributed by atoms with Crippen LogP contribution in [0.25, 0.3) is 10.8 Å². The molecule has 0 saturated heterocycles. The van der Waals surface area contributed by atoms with Crippen molar-refractivity contribution in [2.24, 2.45) is 0 Å². The predicted molar refractivity (Wildman–Crippen MR) is 82.6 cm³/mol. The molecule has 0 aliphatic rings. The summed E-state index contributed by atoms with van der Waals surface area (Å²) < 4.78 is 13.8. The van der Waals surface area contributed by atoms with Gasteiger partial charge in [0.25, 0.3) is 0 Å². The molecule has 2 heteroatoms. The van der Waals surface area contributed by atoms with Gasteiger partial charge in [0.2, 0.25) is 0 Å². The van der Waals surface area contributed by atoms with Crippen molar-refractivity contribution in [1.29, 1.82) is 0 Å². The molecule has 3 aromatic carbocycles. The molecule has 0 saturated carbocycles. The molecule has 0 amide bonds. The highest BCUT2D eigenvalue weighted by molar-refractivity contribution is 6.22. The molecule has 0 radical (unpaired) electrons. The van der Waals surface area contributed by atoms with E-state index in [0.717, 1.165) is 17.4 Å². The number of halogens is 2. The van der Waals surface area contributed by atoms with E-state index in [0.29, 0.717) is 5.39 Å². The minimum absolute atomic E-state index is 0.164. The zero-order valence-electron chi connectivity index (χ0n) is 10.9. The van der Waals surface area contributed by atoms with Crippen molar-refractivity contribution in [3.8, 4) is 0 Å². The Morgan fingerprint density at radius 2 is 1.45 bits per heavy atom. The van der Waals surface area contributed by atoms with Crippen LogP contribution in [0.3, 0.4) is 0 Å². The molecule has 100 valence electrons. The Hall–Kier alpha value is -1.86. The van der Waals surface area contributed by atoms with Crippen LogP contribution in [-0.4, -0.2) is 0 Å². The quantitative estimate of drug-likeness (QED) is 0.557. The lowest BCUT2D eigenvalue weighted by Gasteiger charge is -2.13. The number of alkyl halides is 1. The topological polar surface area (TPSA) is 0 Å². The van der Waals surface area contributed by atoms with Gasteiger partial charge in [-0.25, -0.2) is 4.39 Å². The van der Waals surface area contributed by atoms with E-state index >= 15 is 0 Å². The Morgan fingerprint density at radius 1 is 0.800 bits per heavy atom. The van der Waals surface area contributed by atoms with Crippen LogP contribution >= 0.6 is 11.6 Å². The van der Waals surface area contributed by atoms with E-state index in [1.54, 1.807) is 12.1 Å². The van der Waals surface area contributed by atoms with Crippen molar-refractivity contribution in [2.75, 3.05) is 0 Å². The summed E-state index contributed by atoms with van der Waals surface area (Å²) in [5, 5.41) is 1.36. The minimum atomic E-state index is -0.201. The second-order valence-electron chi connectivity index (χ2n) is 4.84. The smallest absolute Gasteiger partial charge is 0.131 e. The number of benzene rings is 3. The maximum absolute atomic E-state index is 13.8. The summed E-state index contributed by atoms with van der Waals surface area (Å²) >= 11 is 6.55. The molecule has 0 spiro atoms. The Kier molecular flexibility index (Phi) is 3.70. The van der Waals surface area contributed by atoms with Crippen LogP contribution < -0.4 is 0 Å². The normalized spacial score (nSPS) is 12.5. The third-order valence-electron chi connectivity index (χ3n) is 3.50. The fraction of sp³-hybridized carbons (Fsp3) is 0.111. The highest BCUT2D eigenvalue weighted by atomic mass is 35.5. The predicted octanol–water partition coefficient (Wildman–Crippen LogP) is 5.50. The Balaban J connectivity index is 2.00. The van der Waals surface area contributed by atoms with Gasteiger partial charge in [-0.05, 0) is 29.0 Å². The molecule has 3 rings (SSSR count). The van der Waals surface area contributed by atoms with Crippen LogP contribution in [0.5, 0.6) is 0 Å². The number of hydrogen-bond acceptors (Lipinski definition) is 0. The molecule has 3 aromatic rings. The summed E-state index contributed by atoms with van der Waals surface area (Å²) in [5.74, 6) is -0.201. The van der Waals surface area contributed by atoms with Gasteiger partial charge in [0.05, 0.1) is 5.38 Å². The summed E-state index contributed by atoms with van der Waals surface area (Å²) in [4.78, 5) is 0. The molecular weight excluding hydrogens is 271 g/mol. The van der Waals surface area contributed by atoms with Gasteiger partial charge in [-0.15, -0.1) is 11.6 Å². The Labute approximate surface area is 122 Å². The van der Waals surface area contributed by atoms with Gasteiger partial charge in [-0.1, -0.05) is 60.7 Å². The maximum atomic E-state index is 13.8. The lowest BCUT2D eigenvalue weighted by Crippen LogP contribution is -1.97. The first-order valence-corrected chi connectivity index (χ1v) is 7.04. The zero-order valence-corrected chi connectivity index (χ0v) is 11.6. The third kappa shape index (κ3) is 2.54. The van der Waals surface area contributed by atoms with Crippen LogP contribution in [0.15, 0.2) is 66.7 Å². The fourth-order valence-corrected chi connectivity index (χ4v) is 2.86. The van der Waals surface area contributed by atoms with Crippen LogP contribution in [-0.2, 0) is 6.42 Å². The first-order chi connectivity index (χ1) is 9.75. The average Bonchev–Trinajstić information content (AvgIpc) is 2.49. The van der Waals surface area contributed by atoms with E-state index in [4.69, 9.17) is 11.6 Å². The van der Waals surface area contributed by atoms with E-state index in [2.05, 4.69) is 12.1 Å². The van der Waals surface area contributed by atoms with E-state index < -0.39 is 0 Å². The summed E-state index contributed by atoms with van der Waals surface area (Å²) in [7, 11) is 0. The fourth-order valence-electron chi connectivity index (χ4n) is 2.49. The van der Waals surface area contributed by atoms with Gasteiger partial charge in [-0.2, -0.15) is 0 Å². The second-order valence-corrected chi connectivity index (χ2v) is 5.37. The molecule has 0 aliphatic carbocycles. The lowest BCUT2D eigenvalue weighted by molar-refractivity contribution is 0.639. The Morgan fingerprint density at radius 3 is 2.20 bits per heavy atom. The van der Waals surface area contributed by atoms with Crippen LogP contribution in [0.1, 0.15) is 16.5 Å². The molecule has 0 bridgehead atoms. The van der Waals surface area contributed by atoms with Crippen LogP contribution in [0.4, 0.5) is 4.39 Å². The maximum Gasteiger partial charge on any atom is 0.131 e. The monoisotopic (exact) mass is 284 g/mol. The molecule has 0 aliphatic heterocycles. The highest BCUT2D eigenvalue weighted by Crippen LogP contribution is 2.32. The summed E-state index contributed by atoms with van der Waals surface area (Å²) in [6.07, 6.45) is 0.734. The van der Waals surface area contributed by atoms with Crippen molar-refractivity contribution < 1.29 is 4.39 Å². The number of hydrogen-bond donors (Lipinski definition) is 0. The summed E-state index contributed by atoms with van der Waals surface area (Å²) in [6.45, 7) is 0. The standard InChI is InChI=1S/C18H14ClF/c19-17(12-13-6-2-1-3-7-13)15-10-11-18(20)16-9-5-4-8-14(15)16/h1-11,17H,12H2. The minimum Gasteiger partial charge on any atom is -0.206 e. The van der Waals surface area contributed by atoms with Gasteiger partial charge >= 0.3 is 0 Å². The highest BCUT2D eigenvalue weighted by Gasteiger charge is 2.13. The van der Waals surface area contributed by atoms with E-state index in [-0.39, 0.29) is 11.2 Å². The van der Waals surface area contributed by atoms with E-state index in [1.165, 1.54) is 11.6 Å². The zero-order chi connectivity index (χ0) is 13.9. The molecule has 0 heterocycles. The summed E-state index contributed by atoms with van der Waals surface area (Å²) in [6, 6.07) is 20.9. The molecule has 0 aromatic heterocycles. The van der Waals surface area contributed by atoms with E-state index in [1.807, 2.05) is 36.4 Å². The molecule has 1 unspecified atom stereocenters. The second kappa shape index (κ2) is 5.64. The first kappa shape index (κ1) is 13.1. The summed E-state index contributed by atoms with van der Waals surface area (Å²) in [5.41, 5.74) is 2.16. The average molecular weight is 285 g/mol. The molecule has 1 atom stereocenters. The number of rotatable bonds is 3. The van der Waals surface area contributed by atoms with E-state index in [9.17, 15) is 4.39 Å². The molecule has 20 heavy (non-hydrogen) atoms. The van der Waals surface area contributed by atoms with Crippen LogP contribution in [0, 0.1) is 5.82 Å². The number of fused-ring (bicyclic) bond motifs is 1. The van der Waals surface area contributed by atoms with Crippen molar-refractivity contribution in [3.63, 3.8) is 0 Å². The molecule has 0 nitrogen and oxygen atoms in total. The van der Waals surface area contributed by atoms with Gasteiger partial charge in [0, 0.05) is 5.39 Å². The molecule has 0 fully saturated rings. The largest absolute Gasteiger partial charge is 0.206 e. The van der Waals surface area contributed by atoms with Crippen molar-refractivity contribution in [2.45, 2.75) is 11.8 Å². The molecular formula is C18H14ClF. The SMILES string of the molecule is Fc1ccc(C(Cl)Cc2ccccc2)c2ccccc12. The van der Waals surface area contributed by atoms with Crippen molar-refractivity contribution in [3.05, 3.63) is 83.7 Å². The van der Waals surface area contributed by atoms with Crippen molar-refractivity contribution in [1.82, 2.24) is 0 Å². The van der Waals surface area contributed by atoms with Gasteiger partial charge < -0.3 is 0 Å². The lowest BCUT2D eigenvalue weighted by atomic mass is 9.98. The van der Waals surface area contributed by atoms with Crippen molar-refractivity contribution >= 4 is 22.4 Å². The van der Waals surface area contributed by atoms with Gasteiger partial charge in [-0.3, -0.25) is 0 Å².